The van der Waals surface area contributed by atoms with Crippen molar-refractivity contribution in [3.05, 3.63) is 47.8 Å². The Morgan fingerprint density at radius 1 is 1.05 bits per heavy atom. The maximum Gasteiger partial charge on any atom is 0.300 e. The van der Waals surface area contributed by atoms with Gasteiger partial charge in [-0.05, 0) is 30.3 Å². The SMILES string of the molecule is Nc1ccc2oc(Nc3ccc(F)c(F)c3F)nc2c1. The molecule has 0 bridgehead atoms. The molecule has 0 unspecified atom stereocenters. The van der Waals surface area contributed by atoms with Gasteiger partial charge in [-0.1, -0.05) is 0 Å². The summed E-state index contributed by atoms with van der Waals surface area (Å²) in [6.07, 6.45) is 0. The molecule has 0 atom stereocenters. The lowest BCUT2D eigenvalue weighted by Crippen LogP contribution is -1.98. The van der Waals surface area contributed by atoms with Crippen LogP contribution in [0, 0.1) is 17.5 Å². The molecule has 3 N–H and O–H groups in total. The van der Waals surface area contributed by atoms with Gasteiger partial charge in [0.15, 0.2) is 23.0 Å². The van der Waals surface area contributed by atoms with Gasteiger partial charge in [0.25, 0.3) is 6.01 Å². The minimum absolute atomic E-state index is 0.0458. The summed E-state index contributed by atoms with van der Waals surface area (Å²) in [5.74, 6) is -4.17. The summed E-state index contributed by atoms with van der Waals surface area (Å²) in [5.41, 5.74) is 6.72. The zero-order valence-corrected chi connectivity index (χ0v) is 9.95. The summed E-state index contributed by atoms with van der Waals surface area (Å²) in [5, 5.41) is 2.45. The third kappa shape index (κ3) is 2.03. The molecule has 0 aliphatic rings. The van der Waals surface area contributed by atoms with Crippen molar-refractivity contribution in [1.29, 1.82) is 0 Å². The van der Waals surface area contributed by atoms with Crippen LogP contribution in [0.15, 0.2) is 34.7 Å². The average Bonchev–Trinajstić information content (AvgIpc) is 2.81. The zero-order chi connectivity index (χ0) is 14.3. The van der Waals surface area contributed by atoms with Crippen molar-refractivity contribution < 1.29 is 17.6 Å². The lowest BCUT2D eigenvalue weighted by Gasteiger charge is -2.04. The van der Waals surface area contributed by atoms with Gasteiger partial charge in [-0.3, -0.25) is 0 Å². The van der Waals surface area contributed by atoms with E-state index in [0.29, 0.717) is 16.8 Å². The first-order valence-electron chi connectivity index (χ1n) is 5.61. The van der Waals surface area contributed by atoms with Crippen LogP contribution in [-0.2, 0) is 0 Å². The van der Waals surface area contributed by atoms with Gasteiger partial charge in [0.1, 0.15) is 5.52 Å². The molecule has 0 saturated heterocycles. The van der Waals surface area contributed by atoms with Gasteiger partial charge in [-0.2, -0.15) is 4.98 Å². The summed E-state index contributed by atoms with van der Waals surface area (Å²) in [6, 6.07) is 6.61. The highest BCUT2D eigenvalue weighted by molar-refractivity contribution is 5.78. The third-order valence-electron chi connectivity index (χ3n) is 2.69. The van der Waals surface area contributed by atoms with Crippen LogP contribution in [0.3, 0.4) is 0 Å². The maximum absolute atomic E-state index is 13.5. The Morgan fingerprint density at radius 2 is 1.85 bits per heavy atom. The third-order valence-corrected chi connectivity index (χ3v) is 2.69. The van der Waals surface area contributed by atoms with Crippen LogP contribution < -0.4 is 11.1 Å². The van der Waals surface area contributed by atoms with Gasteiger partial charge >= 0.3 is 0 Å². The highest BCUT2D eigenvalue weighted by Crippen LogP contribution is 2.26. The smallest absolute Gasteiger partial charge is 0.300 e. The number of fused-ring (bicyclic) bond motifs is 1. The Labute approximate surface area is 111 Å². The number of hydrogen-bond acceptors (Lipinski definition) is 4. The second-order valence-corrected chi connectivity index (χ2v) is 4.09. The number of anilines is 3. The lowest BCUT2D eigenvalue weighted by atomic mass is 10.3. The largest absolute Gasteiger partial charge is 0.423 e. The number of benzene rings is 2. The molecule has 0 aliphatic heterocycles. The fraction of sp³-hybridized carbons (Fsp3) is 0. The second kappa shape index (κ2) is 4.44. The Bertz CT molecular complexity index is 801. The summed E-state index contributed by atoms with van der Waals surface area (Å²) < 4.78 is 44.7. The van der Waals surface area contributed by atoms with Crippen LogP contribution in [0.4, 0.5) is 30.6 Å². The van der Waals surface area contributed by atoms with E-state index in [4.69, 9.17) is 10.2 Å². The second-order valence-electron chi connectivity index (χ2n) is 4.09. The summed E-state index contributed by atoms with van der Waals surface area (Å²) >= 11 is 0. The van der Waals surface area contributed by atoms with E-state index in [9.17, 15) is 13.2 Å². The molecule has 3 rings (SSSR count). The number of hydrogen-bond donors (Lipinski definition) is 2. The van der Waals surface area contributed by atoms with Crippen LogP contribution in [0.1, 0.15) is 0 Å². The maximum atomic E-state index is 13.5. The number of aromatic nitrogens is 1. The molecule has 0 radical (unpaired) electrons. The van der Waals surface area contributed by atoms with Crippen molar-refractivity contribution >= 4 is 28.5 Å². The van der Waals surface area contributed by atoms with Crippen molar-refractivity contribution in [3.8, 4) is 0 Å². The first-order chi connectivity index (χ1) is 9.54. The summed E-state index contributed by atoms with van der Waals surface area (Å²) in [6.45, 7) is 0. The molecule has 0 aliphatic carbocycles. The molecular weight excluding hydrogens is 271 g/mol. The van der Waals surface area contributed by atoms with Crippen LogP contribution in [0.5, 0.6) is 0 Å². The molecule has 2 aromatic carbocycles. The average molecular weight is 279 g/mol. The van der Waals surface area contributed by atoms with Gasteiger partial charge in [0.2, 0.25) is 0 Å². The molecule has 0 fully saturated rings. The van der Waals surface area contributed by atoms with Crippen molar-refractivity contribution in [2.75, 3.05) is 11.1 Å². The first-order valence-corrected chi connectivity index (χ1v) is 5.61. The van der Waals surface area contributed by atoms with E-state index in [-0.39, 0.29) is 11.7 Å². The van der Waals surface area contributed by atoms with Crippen LogP contribution >= 0.6 is 0 Å². The van der Waals surface area contributed by atoms with E-state index >= 15 is 0 Å². The standard InChI is InChI=1S/C13H8F3N3O/c14-7-2-3-8(12(16)11(7)15)18-13-19-9-5-6(17)1-4-10(9)20-13/h1-5H,17H2,(H,18,19). The van der Waals surface area contributed by atoms with E-state index in [1.165, 1.54) is 0 Å². The molecule has 1 heterocycles. The fourth-order valence-electron chi connectivity index (χ4n) is 1.74. The fourth-order valence-corrected chi connectivity index (χ4v) is 1.74. The molecule has 3 aromatic rings. The number of nitrogens with two attached hydrogens (primary N) is 1. The molecule has 7 heteroatoms. The number of rotatable bonds is 2. The molecular formula is C13H8F3N3O. The molecule has 20 heavy (non-hydrogen) atoms. The minimum Gasteiger partial charge on any atom is -0.423 e. The number of nitrogens with one attached hydrogen (secondary N) is 1. The highest BCUT2D eigenvalue weighted by atomic mass is 19.2. The molecule has 1 aromatic heterocycles. The van der Waals surface area contributed by atoms with E-state index in [1.807, 2.05) is 0 Å². The lowest BCUT2D eigenvalue weighted by molar-refractivity contribution is 0.449. The van der Waals surface area contributed by atoms with Crippen LogP contribution in [0.2, 0.25) is 0 Å². The number of oxazole rings is 1. The van der Waals surface area contributed by atoms with Crippen molar-refractivity contribution in [2.24, 2.45) is 0 Å². The zero-order valence-electron chi connectivity index (χ0n) is 9.95. The predicted molar refractivity (Wildman–Crippen MR) is 68.0 cm³/mol. The number of halogens is 3. The van der Waals surface area contributed by atoms with Crippen molar-refractivity contribution in [1.82, 2.24) is 4.98 Å². The van der Waals surface area contributed by atoms with E-state index in [2.05, 4.69) is 10.3 Å². The van der Waals surface area contributed by atoms with Crippen LogP contribution in [0.25, 0.3) is 11.1 Å². The van der Waals surface area contributed by atoms with E-state index in [1.54, 1.807) is 18.2 Å². The molecule has 0 spiro atoms. The monoisotopic (exact) mass is 279 g/mol. The summed E-state index contributed by atoms with van der Waals surface area (Å²) in [4.78, 5) is 4.02. The minimum atomic E-state index is -1.56. The first kappa shape index (κ1) is 12.3. The molecule has 0 saturated carbocycles. The van der Waals surface area contributed by atoms with Gasteiger partial charge in [0, 0.05) is 5.69 Å². The van der Waals surface area contributed by atoms with E-state index < -0.39 is 17.5 Å². The van der Waals surface area contributed by atoms with Crippen molar-refractivity contribution in [2.45, 2.75) is 0 Å². The molecule has 0 amide bonds. The number of nitrogen functional groups attached to an aromatic ring is 1. The van der Waals surface area contributed by atoms with Crippen molar-refractivity contribution in [3.63, 3.8) is 0 Å². The Balaban J connectivity index is 1.99. The van der Waals surface area contributed by atoms with Gasteiger partial charge in [-0.25, -0.2) is 13.2 Å². The van der Waals surface area contributed by atoms with Gasteiger partial charge in [-0.15, -0.1) is 0 Å². The van der Waals surface area contributed by atoms with Crippen LogP contribution in [-0.4, -0.2) is 4.98 Å². The number of nitrogens with zero attached hydrogens (tertiary/aromatic N) is 1. The highest BCUT2D eigenvalue weighted by Gasteiger charge is 2.15. The Morgan fingerprint density at radius 3 is 2.65 bits per heavy atom. The molecule has 4 nitrogen and oxygen atoms in total. The normalized spacial score (nSPS) is 10.9. The Hall–Kier alpha value is -2.70. The molecule has 102 valence electrons. The summed E-state index contributed by atoms with van der Waals surface area (Å²) in [7, 11) is 0. The topological polar surface area (TPSA) is 64.1 Å². The quantitative estimate of drug-likeness (QED) is 0.556. The van der Waals surface area contributed by atoms with Gasteiger partial charge in [0.05, 0.1) is 5.69 Å². The predicted octanol–water partition coefficient (Wildman–Crippen LogP) is 3.57. The van der Waals surface area contributed by atoms with Gasteiger partial charge < -0.3 is 15.5 Å². The van der Waals surface area contributed by atoms with E-state index in [0.717, 1.165) is 12.1 Å². The Kier molecular flexibility index (Phi) is 2.74.